The number of ether oxygens (including phenoxy) is 4. The smallest absolute Gasteiger partial charge is 0.409 e. The molecular formula is C47H49N3O9S. The van der Waals surface area contributed by atoms with E-state index in [4.69, 9.17) is 18.9 Å². The van der Waals surface area contributed by atoms with Gasteiger partial charge in [-0.15, -0.1) is 0 Å². The van der Waals surface area contributed by atoms with Crippen molar-refractivity contribution in [3.8, 4) is 34.1 Å². The second kappa shape index (κ2) is 17.4. The lowest BCUT2D eigenvalue weighted by atomic mass is 9.69. The Morgan fingerprint density at radius 2 is 1.47 bits per heavy atom. The minimum atomic E-state index is -4.20. The number of phenols is 1. The second-order valence-electron chi connectivity index (χ2n) is 15.6. The summed E-state index contributed by atoms with van der Waals surface area (Å²) >= 11 is 0. The van der Waals surface area contributed by atoms with Crippen molar-refractivity contribution in [1.29, 1.82) is 0 Å². The largest absolute Gasteiger partial charge is 0.504 e. The highest BCUT2D eigenvalue weighted by atomic mass is 32.2. The van der Waals surface area contributed by atoms with E-state index < -0.39 is 33.5 Å². The molecule has 13 heteroatoms. The highest BCUT2D eigenvalue weighted by Gasteiger charge is 2.43. The van der Waals surface area contributed by atoms with E-state index in [-0.39, 0.29) is 60.9 Å². The van der Waals surface area contributed by atoms with Gasteiger partial charge in [-0.25, -0.2) is 17.9 Å². The van der Waals surface area contributed by atoms with Crippen LogP contribution >= 0.6 is 0 Å². The molecule has 2 heterocycles. The molecule has 3 N–H and O–H groups in total. The van der Waals surface area contributed by atoms with Gasteiger partial charge in [0.05, 0.1) is 17.9 Å². The molecular weight excluding hydrogens is 783 g/mol. The number of methoxy groups -OCH3 is 2. The van der Waals surface area contributed by atoms with Gasteiger partial charge in [-0.3, -0.25) is 4.79 Å². The minimum absolute atomic E-state index is 0.00792. The summed E-state index contributed by atoms with van der Waals surface area (Å²) in [4.78, 5) is 29.9. The van der Waals surface area contributed by atoms with E-state index in [2.05, 4.69) is 22.2 Å². The van der Waals surface area contributed by atoms with Crippen LogP contribution in [0.4, 0.5) is 4.79 Å². The molecule has 3 aliphatic rings. The van der Waals surface area contributed by atoms with E-state index in [1.807, 2.05) is 84.9 Å². The van der Waals surface area contributed by atoms with Crippen molar-refractivity contribution in [3.05, 3.63) is 138 Å². The highest BCUT2D eigenvalue weighted by Crippen LogP contribution is 2.50. The van der Waals surface area contributed by atoms with Crippen LogP contribution in [0.5, 0.6) is 23.0 Å². The minimum Gasteiger partial charge on any atom is -0.504 e. The number of sulfonamides is 1. The Hall–Kier alpha value is -5.89. The Morgan fingerprint density at radius 3 is 2.12 bits per heavy atom. The lowest BCUT2D eigenvalue weighted by molar-refractivity contribution is -0.127. The molecule has 1 fully saturated rings. The van der Waals surface area contributed by atoms with Crippen molar-refractivity contribution in [3.63, 3.8) is 0 Å². The number of para-hydroxylation sites is 2. The van der Waals surface area contributed by atoms with Crippen LogP contribution in [0.25, 0.3) is 11.1 Å². The van der Waals surface area contributed by atoms with Crippen LogP contribution in [-0.4, -0.2) is 83.5 Å². The molecule has 0 saturated carbocycles. The van der Waals surface area contributed by atoms with Crippen LogP contribution in [0.3, 0.4) is 0 Å². The number of nitrogens with one attached hydrogen (secondary N) is 2. The fraction of sp³-hybridized carbons (Fsp3) is 0.319. The van der Waals surface area contributed by atoms with Gasteiger partial charge in [0.25, 0.3) is 0 Å². The zero-order valence-corrected chi connectivity index (χ0v) is 34.5. The number of hydrogen-bond donors (Lipinski definition) is 3. The maximum Gasteiger partial charge on any atom is 0.409 e. The number of likely N-dealkylation sites (tertiary alicyclic amines) is 1. The third-order valence-electron chi connectivity index (χ3n) is 12.0. The van der Waals surface area contributed by atoms with Gasteiger partial charge in [-0.2, -0.15) is 0 Å². The van der Waals surface area contributed by atoms with Gasteiger partial charge in [-0.1, -0.05) is 84.9 Å². The maximum atomic E-state index is 14.5. The SMILES string of the molecule is COCCCCC1(CNC(=O)[C@H]2C[C@@H](NS(=O)(=O)c3ccc(O)c(OC)c3)CN(C(=O)OCC3c4ccccc4-c4ccccc43)C2)c2ccccc2Oc2ccccc21. The summed E-state index contributed by atoms with van der Waals surface area (Å²) in [7, 11) is -1.19. The maximum absolute atomic E-state index is 14.5. The fourth-order valence-electron chi connectivity index (χ4n) is 9.09. The zero-order chi connectivity index (χ0) is 41.9. The molecule has 0 aromatic heterocycles. The summed E-state index contributed by atoms with van der Waals surface area (Å²) in [6.45, 7) is 0.892. The highest BCUT2D eigenvalue weighted by molar-refractivity contribution is 7.89. The number of fused-ring (bicyclic) bond motifs is 5. The molecule has 2 aliphatic heterocycles. The van der Waals surface area contributed by atoms with E-state index in [9.17, 15) is 23.1 Å². The molecule has 312 valence electrons. The van der Waals surface area contributed by atoms with E-state index >= 15 is 0 Å². The Labute approximate surface area is 350 Å². The molecule has 2 atom stereocenters. The molecule has 0 bridgehead atoms. The lowest BCUT2D eigenvalue weighted by Crippen LogP contribution is -2.56. The summed E-state index contributed by atoms with van der Waals surface area (Å²) in [5.41, 5.74) is 5.58. The van der Waals surface area contributed by atoms with Gasteiger partial charge in [0.15, 0.2) is 11.5 Å². The lowest BCUT2D eigenvalue weighted by Gasteiger charge is -2.41. The van der Waals surface area contributed by atoms with Crippen molar-refractivity contribution in [2.75, 3.05) is 47.1 Å². The number of piperidine rings is 1. The van der Waals surface area contributed by atoms with Crippen LogP contribution in [-0.2, 0) is 29.7 Å². The number of aromatic hydroxyl groups is 1. The topological polar surface area (TPSA) is 153 Å². The van der Waals surface area contributed by atoms with Gasteiger partial charge in [0.1, 0.15) is 18.1 Å². The Balaban J connectivity index is 1.06. The number of hydrogen-bond acceptors (Lipinski definition) is 9. The molecule has 1 saturated heterocycles. The number of amides is 2. The third kappa shape index (κ3) is 8.04. The quantitative estimate of drug-likeness (QED) is 0.0977. The Kier molecular flexibility index (Phi) is 11.8. The van der Waals surface area contributed by atoms with E-state index in [1.54, 1.807) is 7.11 Å². The first-order chi connectivity index (χ1) is 29.1. The van der Waals surface area contributed by atoms with Crippen molar-refractivity contribution < 1.29 is 42.1 Å². The first-order valence-corrected chi connectivity index (χ1v) is 21.7. The summed E-state index contributed by atoms with van der Waals surface area (Å²) in [5, 5.41) is 13.4. The second-order valence-corrected chi connectivity index (χ2v) is 17.4. The Morgan fingerprint density at radius 1 is 0.833 bits per heavy atom. The Bertz CT molecular complexity index is 2400. The summed E-state index contributed by atoms with van der Waals surface area (Å²) in [5.74, 6) is -0.0796. The van der Waals surface area contributed by atoms with E-state index in [1.165, 1.54) is 30.2 Å². The monoisotopic (exact) mass is 831 g/mol. The third-order valence-corrected chi connectivity index (χ3v) is 13.5. The van der Waals surface area contributed by atoms with Crippen molar-refractivity contribution in [2.24, 2.45) is 5.92 Å². The van der Waals surface area contributed by atoms with Crippen LogP contribution < -0.4 is 19.5 Å². The van der Waals surface area contributed by atoms with Gasteiger partial charge in [0, 0.05) is 67.9 Å². The average molecular weight is 832 g/mol. The number of unbranched alkanes of at least 4 members (excludes halogenated alkanes) is 1. The molecule has 1 aliphatic carbocycles. The van der Waals surface area contributed by atoms with Crippen LogP contribution in [0, 0.1) is 5.92 Å². The molecule has 5 aromatic carbocycles. The number of nitrogens with zero attached hydrogens (tertiary/aromatic N) is 1. The van der Waals surface area contributed by atoms with Crippen LogP contribution in [0.15, 0.2) is 120 Å². The average Bonchev–Trinajstić information content (AvgIpc) is 3.59. The standard InChI is InChI=1S/C47H49N3O9S/c1-56-24-12-11-23-47(39-17-7-9-19-42(39)59-43-20-10-8-18-40(43)47)30-48-45(52)31-25-32(49-60(54,55)33-21-22-41(51)44(26-33)57-2)28-50(27-31)46(53)58-29-38-36-15-5-3-13-34(36)35-14-4-6-16-37(35)38/h3-10,13-22,26,31-32,38,49,51H,11-12,23-25,27-30H2,1-2H3,(H,48,52)/t31-,32+/m0/s1. The van der Waals surface area contributed by atoms with Crippen molar-refractivity contribution in [1.82, 2.24) is 14.9 Å². The van der Waals surface area contributed by atoms with Gasteiger partial charge >= 0.3 is 6.09 Å². The predicted molar refractivity (Wildman–Crippen MR) is 226 cm³/mol. The van der Waals surface area contributed by atoms with E-state index in [0.717, 1.165) is 57.7 Å². The number of benzene rings is 5. The molecule has 60 heavy (non-hydrogen) atoms. The molecule has 0 spiro atoms. The molecule has 8 rings (SSSR count). The molecule has 0 radical (unpaired) electrons. The summed E-state index contributed by atoms with van der Waals surface area (Å²) in [6.07, 6.45) is 1.81. The van der Waals surface area contributed by atoms with Gasteiger partial charge < -0.3 is 34.3 Å². The number of carbonyl (C=O) groups is 2. The van der Waals surface area contributed by atoms with Crippen molar-refractivity contribution in [2.45, 2.75) is 48.0 Å². The van der Waals surface area contributed by atoms with Gasteiger partial charge in [0.2, 0.25) is 15.9 Å². The molecule has 12 nitrogen and oxygen atoms in total. The molecule has 2 amide bonds. The zero-order valence-electron chi connectivity index (χ0n) is 33.6. The predicted octanol–water partition coefficient (Wildman–Crippen LogP) is 7.34. The van der Waals surface area contributed by atoms with Crippen LogP contribution in [0.2, 0.25) is 0 Å². The normalized spacial score (nSPS) is 17.7. The summed E-state index contributed by atoms with van der Waals surface area (Å²) in [6, 6.07) is 34.7. The first-order valence-electron chi connectivity index (χ1n) is 20.2. The van der Waals surface area contributed by atoms with Crippen molar-refractivity contribution >= 4 is 22.0 Å². The number of carbonyl (C=O) groups excluding carboxylic acids is 2. The van der Waals surface area contributed by atoms with Gasteiger partial charge in [-0.05, 0) is 72.2 Å². The fourth-order valence-corrected chi connectivity index (χ4v) is 10.3. The van der Waals surface area contributed by atoms with Crippen LogP contribution in [0.1, 0.15) is 53.9 Å². The molecule has 0 unspecified atom stereocenters. The number of rotatable bonds is 14. The van der Waals surface area contributed by atoms with E-state index in [0.29, 0.717) is 13.0 Å². The first kappa shape index (κ1) is 40.9. The molecule has 5 aromatic rings. The summed E-state index contributed by atoms with van der Waals surface area (Å²) < 4.78 is 53.3. The number of phenolic OH excluding ortho intramolecular Hbond substituents is 1.